The Labute approximate surface area is 110 Å². The Morgan fingerprint density at radius 1 is 1.28 bits per heavy atom. The van der Waals surface area contributed by atoms with Gasteiger partial charge in [-0.2, -0.15) is 0 Å². The molecule has 0 amide bonds. The lowest BCUT2D eigenvalue weighted by atomic mass is 9.79. The SMILES string of the molecule is CC1CCC(C)C(N[C@H](C)c2cccc(F)c2)C1. The molecule has 100 valence electrons. The van der Waals surface area contributed by atoms with Crippen molar-refractivity contribution >= 4 is 0 Å². The van der Waals surface area contributed by atoms with Crippen molar-refractivity contribution in [1.29, 1.82) is 0 Å². The molecule has 1 aliphatic carbocycles. The second-order valence-corrected chi connectivity index (χ2v) is 5.95. The molecule has 1 aromatic carbocycles. The largest absolute Gasteiger partial charge is 0.307 e. The summed E-state index contributed by atoms with van der Waals surface area (Å²) in [5.41, 5.74) is 1.04. The van der Waals surface area contributed by atoms with Gasteiger partial charge < -0.3 is 5.32 Å². The summed E-state index contributed by atoms with van der Waals surface area (Å²) in [6.45, 7) is 6.77. The van der Waals surface area contributed by atoms with E-state index in [1.165, 1.54) is 25.3 Å². The highest BCUT2D eigenvalue weighted by Gasteiger charge is 2.26. The Balaban J connectivity index is 2.00. The lowest BCUT2D eigenvalue weighted by Gasteiger charge is -2.35. The summed E-state index contributed by atoms with van der Waals surface area (Å²) in [5, 5.41) is 3.68. The molecule has 2 heteroatoms. The fraction of sp³-hybridized carbons (Fsp3) is 0.625. The third kappa shape index (κ3) is 3.32. The van der Waals surface area contributed by atoms with E-state index in [0.717, 1.165) is 17.4 Å². The molecule has 1 fully saturated rings. The van der Waals surface area contributed by atoms with Crippen molar-refractivity contribution in [2.45, 2.75) is 52.1 Å². The highest BCUT2D eigenvalue weighted by atomic mass is 19.1. The van der Waals surface area contributed by atoms with Crippen molar-refractivity contribution in [3.8, 4) is 0 Å². The lowest BCUT2D eigenvalue weighted by Crippen LogP contribution is -2.40. The number of rotatable bonds is 3. The molecule has 0 spiro atoms. The molecule has 1 aromatic rings. The third-order valence-electron chi connectivity index (χ3n) is 4.27. The van der Waals surface area contributed by atoms with E-state index >= 15 is 0 Å². The Kier molecular flexibility index (Phi) is 4.39. The smallest absolute Gasteiger partial charge is 0.123 e. The zero-order chi connectivity index (χ0) is 13.1. The van der Waals surface area contributed by atoms with Gasteiger partial charge in [-0.1, -0.05) is 32.4 Å². The van der Waals surface area contributed by atoms with Gasteiger partial charge in [0.2, 0.25) is 0 Å². The van der Waals surface area contributed by atoms with Gasteiger partial charge in [-0.15, -0.1) is 0 Å². The van der Waals surface area contributed by atoms with Gasteiger partial charge >= 0.3 is 0 Å². The average Bonchev–Trinajstić information content (AvgIpc) is 2.34. The lowest BCUT2D eigenvalue weighted by molar-refractivity contribution is 0.216. The summed E-state index contributed by atoms with van der Waals surface area (Å²) in [6, 6.07) is 7.70. The van der Waals surface area contributed by atoms with E-state index in [9.17, 15) is 4.39 Å². The van der Waals surface area contributed by atoms with Gasteiger partial charge in [0.1, 0.15) is 5.82 Å². The fourth-order valence-corrected chi connectivity index (χ4v) is 2.96. The molecule has 0 aliphatic heterocycles. The summed E-state index contributed by atoms with van der Waals surface area (Å²) >= 11 is 0. The van der Waals surface area contributed by atoms with Crippen LogP contribution < -0.4 is 5.32 Å². The molecule has 1 saturated carbocycles. The van der Waals surface area contributed by atoms with Crippen LogP contribution in [-0.2, 0) is 0 Å². The summed E-state index contributed by atoms with van der Waals surface area (Å²) in [6.07, 6.45) is 3.88. The third-order valence-corrected chi connectivity index (χ3v) is 4.27. The first-order valence-corrected chi connectivity index (χ1v) is 7.07. The van der Waals surface area contributed by atoms with Crippen LogP contribution in [0, 0.1) is 17.7 Å². The minimum absolute atomic E-state index is 0.147. The van der Waals surface area contributed by atoms with Crippen LogP contribution in [0.2, 0.25) is 0 Å². The molecular formula is C16H24FN. The molecule has 0 saturated heterocycles. The minimum atomic E-state index is -0.147. The molecule has 2 rings (SSSR count). The Bertz CT molecular complexity index is 390. The predicted octanol–water partition coefficient (Wildman–Crippen LogP) is 4.30. The van der Waals surface area contributed by atoms with Crippen LogP contribution in [0.15, 0.2) is 24.3 Å². The first-order valence-electron chi connectivity index (χ1n) is 7.07. The quantitative estimate of drug-likeness (QED) is 0.842. The molecule has 3 unspecified atom stereocenters. The van der Waals surface area contributed by atoms with E-state index in [2.05, 4.69) is 26.1 Å². The summed E-state index contributed by atoms with van der Waals surface area (Å²) in [7, 11) is 0. The Morgan fingerprint density at radius 2 is 2.06 bits per heavy atom. The summed E-state index contributed by atoms with van der Waals surface area (Å²) in [5.74, 6) is 1.38. The molecule has 1 nitrogen and oxygen atoms in total. The van der Waals surface area contributed by atoms with Gasteiger partial charge in [-0.05, 0) is 49.3 Å². The molecule has 0 heterocycles. The maximum Gasteiger partial charge on any atom is 0.123 e. The number of benzene rings is 1. The summed E-state index contributed by atoms with van der Waals surface area (Å²) in [4.78, 5) is 0. The number of hydrogen-bond donors (Lipinski definition) is 1. The van der Waals surface area contributed by atoms with Gasteiger partial charge in [-0.3, -0.25) is 0 Å². The van der Waals surface area contributed by atoms with Crippen LogP contribution in [-0.4, -0.2) is 6.04 Å². The molecule has 1 N–H and O–H groups in total. The van der Waals surface area contributed by atoms with Gasteiger partial charge in [0, 0.05) is 12.1 Å². The first kappa shape index (κ1) is 13.5. The van der Waals surface area contributed by atoms with Crippen molar-refractivity contribution in [2.75, 3.05) is 0 Å². The van der Waals surface area contributed by atoms with Crippen LogP contribution in [0.1, 0.15) is 51.6 Å². The van der Waals surface area contributed by atoms with E-state index in [0.29, 0.717) is 6.04 Å². The second-order valence-electron chi connectivity index (χ2n) is 5.95. The molecule has 0 radical (unpaired) electrons. The average molecular weight is 249 g/mol. The summed E-state index contributed by atoms with van der Waals surface area (Å²) < 4.78 is 13.2. The molecule has 18 heavy (non-hydrogen) atoms. The number of halogens is 1. The van der Waals surface area contributed by atoms with Crippen molar-refractivity contribution < 1.29 is 4.39 Å². The second kappa shape index (κ2) is 5.83. The van der Waals surface area contributed by atoms with E-state index in [1.807, 2.05) is 6.07 Å². The molecule has 4 atom stereocenters. The maximum absolute atomic E-state index is 13.2. The zero-order valence-corrected chi connectivity index (χ0v) is 11.6. The fourth-order valence-electron chi connectivity index (χ4n) is 2.96. The van der Waals surface area contributed by atoms with Crippen molar-refractivity contribution in [2.24, 2.45) is 11.8 Å². The van der Waals surface area contributed by atoms with Crippen molar-refractivity contribution in [3.05, 3.63) is 35.6 Å². The Morgan fingerprint density at radius 3 is 2.78 bits per heavy atom. The maximum atomic E-state index is 13.2. The normalized spacial score (nSPS) is 30.1. The van der Waals surface area contributed by atoms with Crippen LogP contribution in [0.3, 0.4) is 0 Å². The Hall–Kier alpha value is -0.890. The van der Waals surface area contributed by atoms with Crippen LogP contribution >= 0.6 is 0 Å². The van der Waals surface area contributed by atoms with Crippen LogP contribution in [0.4, 0.5) is 4.39 Å². The molecular weight excluding hydrogens is 225 g/mol. The highest BCUT2D eigenvalue weighted by Crippen LogP contribution is 2.30. The van der Waals surface area contributed by atoms with E-state index in [1.54, 1.807) is 12.1 Å². The highest BCUT2D eigenvalue weighted by molar-refractivity contribution is 5.19. The number of hydrogen-bond acceptors (Lipinski definition) is 1. The monoisotopic (exact) mass is 249 g/mol. The van der Waals surface area contributed by atoms with Gasteiger partial charge in [-0.25, -0.2) is 4.39 Å². The molecule has 0 bridgehead atoms. The van der Waals surface area contributed by atoms with E-state index in [-0.39, 0.29) is 11.9 Å². The van der Waals surface area contributed by atoms with Crippen molar-refractivity contribution in [3.63, 3.8) is 0 Å². The topological polar surface area (TPSA) is 12.0 Å². The van der Waals surface area contributed by atoms with Gasteiger partial charge in [0.15, 0.2) is 0 Å². The van der Waals surface area contributed by atoms with Crippen molar-refractivity contribution in [1.82, 2.24) is 5.32 Å². The van der Waals surface area contributed by atoms with E-state index in [4.69, 9.17) is 0 Å². The van der Waals surface area contributed by atoms with Crippen LogP contribution in [0.25, 0.3) is 0 Å². The standard InChI is InChI=1S/C16H24FN/c1-11-7-8-12(2)16(9-11)18-13(3)14-5-4-6-15(17)10-14/h4-6,10-13,16,18H,7-9H2,1-3H3/t11?,12?,13-,16?/m1/s1. The molecule has 1 aliphatic rings. The van der Waals surface area contributed by atoms with Crippen LogP contribution in [0.5, 0.6) is 0 Å². The first-order chi connectivity index (χ1) is 8.56. The zero-order valence-electron chi connectivity index (χ0n) is 11.6. The van der Waals surface area contributed by atoms with Gasteiger partial charge in [0.05, 0.1) is 0 Å². The number of nitrogens with one attached hydrogen (secondary N) is 1. The van der Waals surface area contributed by atoms with Gasteiger partial charge in [0.25, 0.3) is 0 Å². The molecule has 0 aromatic heterocycles. The van der Waals surface area contributed by atoms with E-state index < -0.39 is 0 Å². The predicted molar refractivity (Wildman–Crippen MR) is 73.9 cm³/mol. The minimum Gasteiger partial charge on any atom is -0.307 e.